The smallest absolute Gasteiger partial charge is 0.247 e. The number of hydrogen-bond donors (Lipinski definition) is 3. The molecule has 0 aliphatic heterocycles. The first-order chi connectivity index (χ1) is 15.9. The minimum absolute atomic E-state index is 0.0534. The van der Waals surface area contributed by atoms with Crippen molar-refractivity contribution in [1.82, 2.24) is 9.97 Å². The van der Waals surface area contributed by atoms with E-state index in [-0.39, 0.29) is 22.8 Å². The Morgan fingerprint density at radius 3 is 2.79 bits per heavy atom. The molecule has 0 fully saturated rings. The van der Waals surface area contributed by atoms with E-state index >= 15 is 0 Å². The molecule has 0 aliphatic rings. The van der Waals surface area contributed by atoms with E-state index in [1.54, 1.807) is 31.3 Å². The Balaban J connectivity index is 2.02. The van der Waals surface area contributed by atoms with Gasteiger partial charge in [0.25, 0.3) is 0 Å². The number of rotatable bonds is 8. The first-order valence-electron chi connectivity index (χ1n) is 9.58. The Kier molecular flexibility index (Phi) is 7.72. The molecule has 0 atom stereocenters. The largest absolute Gasteiger partial charge is 0.438 e. The van der Waals surface area contributed by atoms with Gasteiger partial charge in [0.05, 0.1) is 16.3 Å². The number of benzene rings is 2. The summed E-state index contributed by atoms with van der Waals surface area (Å²) in [5.74, 6) is -0.173. The molecule has 4 N–H and O–H groups in total. The number of amides is 1. The van der Waals surface area contributed by atoms with Crippen LogP contribution < -0.4 is 21.1 Å². The molecule has 3 rings (SSSR count). The molecule has 1 aromatic heterocycles. The highest BCUT2D eigenvalue weighted by atomic mass is 35.5. The van der Waals surface area contributed by atoms with E-state index < -0.39 is 5.82 Å². The fraction of sp³-hybridized carbons (Fsp3) is 0.0435. The summed E-state index contributed by atoms with van der Waals surface area (Å²) in [4.78, 5) is 24.2. The summed E-state index contributed by atoms with van der Waals surface area (Å²) in [5.41, 5.74) is 7.57. The second-order valence-corrected chi connectivity index (χ2v) is 6.91. The maximum atomic E-state index is 13.7. The maximum absolute atomic E-state index is 13.7. The van der Waals surface area contributed by atoms with Crippen LogP contribution >= 0.6 is 11.6 Å². The summed E-state index contributed by atoms with van der Waals surface area (Å²) in [5, 5.41) is 5.54. The molecule has 2 aromatic carbocycles. The molecule has 0 saturated carbocycles. The van der Waals surface area contributed by atoms with E-state index in [9.17, 15) is 9.18 Å². The van der Waals surface area contributed by atoms with E-state index in [1.165, 1.54) is 36.8 Å². The lowest BCUT2D eigenvalue weighted by Gasteiger charge is -2.13. The number of carbonyl (C=O) groups is 1. The molecule has 0 aliphatic carbocycles. The molecule has 1 amide bonds. The van der Waals surface area contributed by atoms with Gasteiger partial charge < -0.3 is 21.1 Å². The third kappa shape index (κ3) is 6.14. The summed E-state index contributed by atoms with van der Waals surface area (Å²) in [7, 11) is 1.60. The van der Waals surface area contributed by atoms with Crippen molar-refractivity contribution in [3.8, 4) is 22.8 Å². The van der Waals surface area contributed by atoms with Gasteiger partial charge in [0, 0.05) is 37.4 Å². The summed E-state index contributed by atoms with van der Waals surface area (Å²) in [6.07, 6.45) is 5.49. The van der Waals surface area contributed by atoms with Crippen LogP contribution in [0.4, 0.5) is 16.0 Å². The fourth-order valence-corrected chi connectivity index (χ4v) is 2.87. The van der Waals surface area contributed by atoms with Gasteiger partial charge in [-0.15, -0.1) is 0 Å². The van der Waals surface area contributed by atoms with Crippen molar-refractivity contribution in [2.45, 2.75) is 0 Å². The number of aromatic nitrogens is 2. The van der Waals surface area contributed by atoms with Gasteiger partial charge >= 0.3 is 0 Å². The van der Waals surface area contributed by atoms with Gasteiger partial charge in [-0.05, 0) is 35.9 Å². The highest BCUT2D eigenvalue weighted by molar-refractivity contribution is 6.31. The Morgan fingerprint density at radius 2 is 2.09 bits per heavy atom. The van der Waals surface area contributed by atoms with Crippen molar-refractivity contribution < 1.29 is 13.9 Å². The number of nitrogens with two attached hydrogens (primary N) is 1. The highest BCUT2D eigenvalue weighted by Crippen LogP contribution is 2.34. The summed E-state index contributed by atoms with van der Waals surface area (Å²) in [6, 6.07) is 10.9. The number of anilines is 2. The lowest BCUT2D eigenvalue weighted by Crippen LogP contribution is -2.08. The van der Waals surface area contributed by atoms with E-state index in [4.69, 9.17) is 22.1 Å². The van der Waals surface area contributed by atoms with Gasteiger partial charge in [0.2, 0.25) is 17.7 Å². The van der Waals surface area contributed by atoms with E-state index in [0.29, 0.717) is 28.3 Å². The van der Waals surface area contributed by atoms with Crippen LogP contribution in [0.25, 0.3) is 11.1 Å². The Morgan fingerprint density at radius 1 is 1.27 bits per heavy atom. The van der Waals surface area contributed by atoms with Gasteiger partial charge in [-0.3, -0.25) is 9.79 Å². The zero-order valence-corrected chi connectivity index (χ0v) is 18.3. The minimum atomic E-state index is -0.552. The van der Waals surface area contributed by atoms with Crippen molar-refractivity contribution in [3.63, 3.8) is 0 Å². The normalized spacial score (nSPS) is 11.3. The van der Waals surface area contributed by atoms with Gasteiger partial charge in [0.1, 0.15) is 11.6 Å². The van der Waals surface area contributed by atoms with Gasteiger partial charge in [-0.2, -0.15) is 4.98 Å². The molecule has 10 heteroatoms. The predicted molar refractivity (Wildman–Crippen MR) is 128 cm³/mol. The zero-order chi connectivity index (χ0) is 23.8. The van der Waals surface area contributed by atoms with Crippen LogP contribution in [0, 0.1) is 5.82 Å². The number of ether oxygens (including phenoxy) is 1. The molecule has 0 radical (unpaired) electrons. The average Bonchev–Trinajstić information content (AvgIpc) is 2.81. The SMILES string of the molecule is C=CC(=O)Nc1cccc(Oc2nc(NC(C=NC)=CN)ncc2-c2ccc(F)c(Cl)c2)c1. The first kappa shape index (κ1) is 23.4. The lowest BCUT2D eigenvalue weighted by atomic mass is 10.1. The van der Waals surface area contributed by atoms with Crippen LogP contribution in [0.1, 0.15) is 0 Å². The highest BCUT2D eigenvalue weighted by Gasteiger charge is 2.15. The minimum Gasteiger partial charge on any atom is -0.438 e. The third-order valence-electron chi connectivity index (χ3n) is 4.19. The summed E-state index contributed by atoms with van der Waals surface area (Å²) in [6.45, 7) is 3.43. The zero-order valence-electron chi connectivity index (χ0n) is 17.5. The number of carbonyl (C=O) groups excluding carboxylic acids is 1. The topological polar surface area (TPSA) is 115 Å². The molecule has 0 unspecified atom stereocenters. The van der Waals surface area contributed by atoms with Crippen LogP contribution in [0.15, 0.2) is 78.2 Å². The van der Waals surface area contributed by atoms with Crippen molar-refractivity contribution in [2.75, 3.05) is 17.7 Å². The molecule has 8 nitrogen and oxygen atoms in total. The fourth-order valence-electron chi connectivity index (χ4n) is 2.69. The predicted octanol–water partition coefficient (Wildman–Crippen LogP) is 4.77. The van der Waals surface area contributed by atoms with E-state index in [2.05, 4.69) is 32.2 Å². The van der Waals surface area contributed by atoms with Crippen LogP contribution in [-0.4, -0.2) is 29.1 Å². The second kappa shape index (κ2) is 10.9. The van der Waals surface area contributed by atoms with Gasteiger partial charge in [0.15, 0.2) is 0 Å². The lowest BCUT2D eigenvalue weighted by molar-refractivity contribution is -0.111. The van der Waals surface area contributed by atoms with Crippen molar-refractivity contribution in [2.24, 2.45) is 10.7 Å². The number of nitrogens with zero attached hydrogens (tertiary/aromatic N) is 3. The van der Waals surface area contributed by atoms with Crippen molar-refractivity contribution >= 4 is 35.4 Å². The number of hydrogen-bond acceptors (Lipinski definition) is 7. The Hall–Kier alpha value is -4.24. The molecule has 168 valence electrons. The number of nitrogens with one attached hydrogen (secondary N) is 2. The van der Waals surface area contributed by atoms with Crippen molar-refractivity contribution in [1.29, 1.82) is 0 Å². The maximum Gasteiger partial charge on any atom is 0.247 e. The molecule has 33 heavy (non-hydrogen) atoms. The molecule has 0 spiro atoms. The first-order valence-corrected chi connectivity index (χ1v) is 9.96. The standard InChI is InChI=1S/C23H20ClFN6O2/c1-3-21(32)29-15-5-4-6-17(10-15)33-22-18(14-7-8-20(25)19(24)9-14)13-28-23(31-22)30-16(11-26)12-27-2/h3-13H,1,26H2,2H3,(H,29,32)(H,28,30,31). The van der Waals surface area contributed by atoms with Gasteiger partial charge in [-0.25, -0.2) is 9.37 Å². The van der Waals surface area contributed by atoms with E-state index in [1.807, 2.05) is 0 Å². The van der Waals surface area contributed by atoms with Gasteiger partial charge in [-0.1, -0.05) is 30.3 Å². The van der Waals surface area contributed by atoms with Crippen LogP contribution in [-0.2, 0) is 4.79 Å². The summed E-state index contributed by atoms with van der Waals surface area (Å²) < 4.78 is 19.7. The Bertz CT molecular complexity index is 1250. The monoisotopic (exact) mass is 466 g/mol. The second-order valence-electron chi connectivity index (χ2n) is 6.50. The number of halogens is 2. The molecule has 0 saturated heterocycles. The number of allylic oxidation sites excluding steroid dienone is 1. The average molecular weight is 467 g/mol. The van der Waals surface area contributed by atoms with Crippen LogP contribution in [0.3, 0.4) is 0 Å². The molecular weight excluding hydrogens is 447 g/mol. The number of aliphatic imine (C=N–C) groups is 1. The van der Waals surface area contributed by atoms with Crippen LogP contribution in [0.2, 0.25) is 5.02 Å². The third-order valence-corrected chi connectivity index (χ3v) is 4.48. The molecular formula is C23H20ClFN6O2. The molecule has 1 heterocycles. The summed E-state index contributed by atoms with van der Waals surface area (Å²) >= 11 is 5.96. The molecule has 3 aromatic rings. The molecule has 0 bridgehead atoms. The van der Waals surface area contributed by atoms with Crippen molar-refractivity contribution in [3.05, 3.63) is 84.1 Å². The Labute approximate surface area is 194 Å². The quantitative estimate of drug-likeness (QED) is 0.325. The van der Waals surface area contributed by atoms with Crippen LogP contribution in [0.5, 0.6) is 11.6 Å². The van der Waals surface area contributed by atoms with E-state index in [0.717, 1.165) is 6.08 Å².